The largest absolute Gasteiger partial charge is 0.497 e. The molecule has 88 valence electrons. The Morgan fingerprint density at radius 1 is 1.31 bits per heavy atom. The van der Waals surface area contributed by atoms with Crippen LogP contribution in [0.2, 0.25) is 0 Å². The molecule has 0 spiro atoms. The summed E-state index contributed by atoms with van der Waals surface area (Å²) in [6.45, 7) is 0. The summed E-state index contributed by atoms with van der Waals surface area (Å²) in [4.78, 5) is -0.128. The number of rotatable bonds is 3. The molecule has 8 heteroatoms. The van der Waals surface area contributed by atoms with Crippen molar-refractivity contribution in [1.82, 2.24) is 0 Å². The molecule has 0 saturated heterocycles. The van der Waals surface area contributed by atoms with E-state index < -0.39 is 12.6 Å². The van der Waals surface area contributed by atoms with Crippen molar-refractivity contribution in [1.29, 1.82) is 0 Å². The summed E-state index contributed by atoms with van der Waals surface area (Å²) in [7, 11) is -0.582. The first-order chi connectivity index (χ1) is 7.33. The Kier molecular flexibility index (Phi) is 4.12. The predicted molar refractivity (Wildman–Crippen MR) is 54.7 cm³/mol. The third kappa shape index (κ3) is 3.62. The fourth-order valence-corrected chi connectivity index (χ4v) is 1.70. The second kappa shape index (κ2) is 4.98. The average Bonchev–Trinajstić information content (AvgIpc) is 2.15. The Labute approximate surface area is 94.4 Å². The van der Waals surface area contributed by atoms with E-state index in [2.05, 4.69) is 0 Å². The molecule has 0 bridgehead atoms. The number of alkyl halides is 3. The first-order valence-electron chi connectivity index (χ1n) is 4.13. The molecule has 1 rings (SSSR count). The van der Waals surface area contributed by atoms with Gasteiger partial charge in [0.2, 0.25) is 0 Å². The van der Waals surface area contributed by atoms with Crippen LogP contribution < -0.4 is 10.2 Å². The Morgan fingerprint density at radius 2 is 1.94 bits per heavy atom. The summed E-state index contributed by atoms with van der Waals surface area (Å²) in [6, 6.07) is 3.48. The van der Waals surface area contributed by atoms with Gasteiger partial charge in [0.05, 0.1) is 7.11 Å². The van der Waals surface area contributed by atoms with Gasteiger partial charge in [-0.1, -0.05) is 0 Å². The van der Waals surface area contributed by atoms with Crippen LogP contribution in [0.15, 0.2) is 23.1 Å². The molecule has 1 aromatic rings. The highest BCUT2D eigenvalue weighted by Gasteiger charge is 2.30. The SMILES string of the molecule is COc1ccc(SC(F)(F)F)cc1B(O)O. The molecule has 0 aromatic heterocycles. The minimum Gasteiger partial charge on any atom is -0.497 e. The number of methoxy groups -OCH3 is 1. The summed E-state index contributed by atoms with van der Waals surface area (Å²) in [5.41, 5.74) is -4.51. The molecule has 0 fully saturated rings. The molecule has 0 amide bonds. The minimum absolute atomic E-state index is 0.100. The Bertz CT molecular complexity index is 370. The standard InChI is InChI=1S/C8H8BF3O3S/c1-15-7-3-2-5(16-8(10,11)12)4-6(7)9(13)14/h2-4,13-14H,1H3. The van der Waals surface area contributed by atoms with Crippen LogP contribution in [-0.4, -0.2) is 29.8 Å². The van der Waals surface area contributed by atoms with Gasteiger partial charge in [-0.15, -0.1) is 0 Å². The topological polar surface area (TPSA) is 49.7 Å². The Morgan fingerprint density at radius 3 is 2.38 bits per heavy atom. The van der Waals surface area contributed by atoms with Crippen molar-refractivity contribution in [3.8, 4) is 5.75 Å². The van der Waals surface area contributed by atoms with Crippen LogP contribution >= 0.6 is 11.8 Å². The van der Waals surface area contributed by atoms with E-state index in [1.54, 1.807) is 0 Å². The van der Waals surface area contributed by atoms with Crippen LogP contribution in [0.3, 0.4) is 0 Å². The highest BCUT2D eigenvalue weighted by Crippen LogP contribution is 2.36. The van der Waals surface area contributed by atoms with E-state index in [4.69, 9.17) is 14.8 Å². The third-order valence-corrected chi connectivity index (χ3v) is 2.43. The van der Waals surface area contributed by atoms with Crippen LogP contribution in [0.4, 0.5) is 13.2 Å². The van der Waals surface area contributed by atoms with Gasteiger partial charge in [-0.2, -0.15) is 13.2 Å². The molecule has 1 aromatic carbocycles. The van der Waals surface area contributed by atoms with Gasteiger partial charge in [0.25, 0.3) is 0 Å². The molecule has 3 nitrogen and oxygen atoms in total. The van der Waals surface area contributed by atoms with Crippen LogP contribution in [0, 0.1) is 0 Å². The van der Waals surface area contributed by atoms with Gasteiger partial charge in [0.1, 0.15) is 5.75 Å². The van der Waals surface area contributed by atoms with Crippen molar-refractivity contribution in [2.45, 2.75) is 10.4 Å². The fraction of sp³-hybridized carbons (Fsp3) is 0.250. The molecular weight excluding hydrogens is 244 g/mol. The molecule has 0 aliphatic carbocycles. The van der Waals surface area contributed by atoms with E-state index in [9.17, 15) is 13.2 Å². The quantitative estimate of drug-likeness (QED) is 0.622. The van der Waals surface area contributed by atoms with Crippen molar-refractivity contribution in [3.63, 3.8) is 0 Å². The lowest BCUT2D eigenvalue weighted by atomic mass is 9.79. The van der Waals surface area contributed by atoms with Gasteiger partial charge in [-0.25, -0.2) is 0 Å². The van der Waals surface area contributed by atoms with Crippen LogP contribution in [0.25, 0.3) is 0 Å². The molecular formula is C8H8BF3O3S. The van der Waals surface area contributed by atoms with Gasteiger partial charge in [-0.3, -0.25) is 0 Å². The summed E-state index contributed by atoms with van der Waals surface area (Å²) in [5, 5.41) is 17.9. The number of ether oxygens (including phenoxy) is 1. The molecule has 0 atom stereocenters. The van der Waals surface area contributed by atoms with E-state index in [0.29, 0.717) is 0 Å². The van der Waals surface area contributed by atoms with Gasteiger partial charge < -0.3 is 14.8 Å². The van der Waals surface area contributed by atoms with Crippen molar-refractivity contribution in [3.05, 3.63) is 18.2 Å². The summed E-state index contributed by atoms with van der Waals surface area (Å²) in [6.07, 6.45) is 0. The molecule has 0 aliphatic heterocycles. The van der Waals surface area contributed by atoms with Crippen molar-refractivity contribution in [2.75, 3.05) is 7.11 Å². The van der Waals surface area contributed by atoms with Crippen LogP contribution in [0.5, 0.6) is 5.75 Å². The van der Waals surface area contributed by atoms with Gasteiger partial charge in [0, 0.05) is 10.4 Å². The van der Waals surface area contributed by atoms with E-state index in [1.807, 2.05) is 0 Å². The second-order valence-electron chi connectivity index (χ2n) is 2.83. The van der Waals surface area contributed by atoms with Crippen molar-refractivity contribution in [2.24, 2.45) is 0 Å². The zero-order chi connectivity index (χ0) is 12.3. The van der Waals surface area contributed by atoms with Crippen LogP contribution in [-0.2, 0) is 0 Å². The highest BCUT2D eigenvalue weighted by atomic mass is 32.2. The molecule has 0 radical (unpaired) electrons. The maximum Gasteiger partial charge on any atom is 0.492 e. The Hall–Kier alpha value is -0.855. The monoisotopic (exact) mass is 252 g/mol. The lowest BCUT2D eigenvalue weighted by Crippen LogP contribution is -2.31. The molecule has 0 unspecified atom stereocenters. The van der Waals surface area contributed by atoms with Crippen molar-refractivity contribution < 1.29 is 28.0 Å². The van der Waals surface area contributed by atoms with Crippen molar-refractivity contribution >= 4 is 24.3 Å². The Balaban J connectivity index is 3.02. The zero-order valence-corrected chi connectivity index (χ0v) is 8.97. The minimum atomic E-state index is -4.41. The van der Waals surface area contributed by atoms with E-state index in [1.165, 1.54) is 19.2 Å². The number of hydrogen-bond acceptors (Lipinski definition) is 4. The first kappa shape index (κ1) is 13.2. The fourth-order valence-electron chi connectivity index (χ4n) is 1.11. The predicted octanol–water partition coefficient (Wildman–Crippen LogP) is 0.987. The molecule has 0 heterocycles. The number of thioether (sulfide) groups is 1. The maximum atomic E-state index is 12.1. The molecule has 2 N–H and O–H groups in total. The van der Waals surface area contributed by atoms with E-state index in [0.717, 1.165) is 6.07 Å². The van der Waals surface area contributed by atoms with Gasteiger partial charge in [-0.05, 0) is 30.0 Å². The number of hydrogen-bond donors (Lipinski definition) is 2. The van der Waals surface area contributed by atoms with E-state index >= 15 is 0 Å². The summed E-state index contributed by atoms with van der Waals surface area (Å²) in [5.74, 6) is 0.126. The van der Waals surface area contributed by atoms with Gasteiger partial charge >= 0.3 is 12.6 Å². The third-order valence-electron chi connectivity index (χ3n) is 1.71. The summed E-state index contributed by atoms with van der Waals surface area (Å²) < 4.78 is 41.0. The second-order valence-corrected chi connectivity index (χ2v) is 3.96. The summed E-state index contributed by atoms with van der Waals surface area (Å²) >= 11 is -0.326. The smallest absolute Gasteiger partial charge is 0.492 e. The molecule has 16 heavy (non-hydrogen) atoms. The highest BCUT2D eigenvalue weighted by molar-refractivity contribution is 8.00. The van der Waals surface area contributed by atoms with Gasteiger partial charge in [0.15, 0.2) is 0 Å². The lowest BCUT2D eigenvalue weighted by Gasteiger charge is -2.10. The molecule has 0 saturated carbocycles. The zero-order valence-electron chi connectivity index (χ0n) is 8.15. The first-order valence-corrected chi connectivity index (χ1v) is 4.95. The molecule has 0 aliphatic rings. The lowest BCUT2D eigenvalue weighted by molar-refractivity contribution is -0.0328. The van der Waals surface area contributed by atoms with Crippen LogP contribution in [0.1, 0.15) is 0 Å². The number of benzene rings is 1. The normalized spacial score (nSPS) is 11.4. The average molecular weight is 252 g/mol. The maximum absolute atomic E-state index is 12.1. The van der Waals surface area contributed by atoms with E-state index in [-0.39, 0.29) is 27.9 Å². The number of halogens is 3.